The number of hydrogen-bond donors (Lipinski definition) is 1. The zero-order valence-corrected chi connectivity index (χ0v) is 17.7. The monoisotopic (exact) mass is 482 g/mol. The van der Waals surface area contributed by atoms with Crippen LogP contribution in [0.15, 0.2) is 24.5 Å². The van der Waals surface area contributed by atoms with Gasteiger partial charge in [-0.1, -0.05) is 0 Å². The number of fused-ring (bicyclic) bond motifs is 1. The summed E-state index contributed by atoms with van der Waals surface area (Å²) in [6.45, 7) is 0.585. The number of nitrogens with one attached hydrogen (secondary N) is 1. The van der Waals surface area contributed by atoms with Crippen molar-refractivity contribution in [2.24, 2.45) is 5.92 Å². The number of sulfonamides is 1. The summed E-state index contributed by atoms with van der Waals surface area (Å²) < 4.78 is 105. The second-order valence-electron chi connectivity index (χ2n) is 8.09. The summed E-state index contributed by atoms with van der Waals surface area (Å²) in [5.74, 6) is -0.0755. The zero-order chi connectivity index (χ0) is 23.5. The normalized spacial score (nSPS) is 20.8. The van der Waals surface area contributed by atoms with Crippen molar-refractivity contribution in [3.8, 4) is 0 Å². The average Bonchev–Trinajstić information content (AvgIpc) is 3.45. The minimum absolute atomic E-state index is 0.0755. The van der Waals surface area contributed by atoms with Gasteiger partial charge in [0, 0.05) is 30.5 Å². The van der Waals surface area contributed by atoms with E-state index in [1.54, 1.807) is 11.8 Å². The third kappa shape index (κ3) is 4.19. The highest BCUT2D eigenvalue weighted by atomic mass is 32.2. The summed E-state index contributed by atoms with van der Waals surface area (Å²) in [5, 5.41) is 0. The number of rotatable bonds is 4. The van der Waals surface area contributed by atoms with E-state index in [-0.39, 0.29) is 28.0 Å². The van der Waals surface area contributed by atoms with Crippen LogP contribution >= 0.6 is 0 Å². The second-order valence-corrected chi connectivity index (χ2v) is 10.0. The SMILES string of the molecule is Cc1[nH]cnc1CN1c2ccc(C(F)(F)F)cc2CN(S(=O)(=O)C(F)(F)F)CC1C1CC1. The summed E-state index contributed by atoms with van der Waals surface area (Å²) >= 11 is 0. The lowest BCUT2D eigenvalue weighted by Crippen LogP contribution is -2.47. The minimum Gasteiger partial charge on any atom is -0.361 e. The van der Waals surface area contributed by atoms with Gasteiger partial charge in [-0.3, -0.25) is 0 Å². The van der Waals surface area contributed by atoms with Crippen LogP contribution < -0.4 is 4.90 Å². The Balaban J connectivity index is 1.85. The van der Waals surface area contributed by atoms with Crippen LogP contribution in [-0.2, 0) is 29.3 Å². The van der Waals surface area contributed by atoms with Crippen LogP contribution in [-0.4, -0.2) is 40.8 Å². The molecule has 1 saturated carbocycles. The van der Waals surface area contributed by atoms with Crippen molar-refractivity contribution in [2.75, 3.05) is 11.4 Å². The van der Waals surface area contributed by atoms with E-state index in [9.17, 15) is 34.8 Å². The van der Waals surface area contributed by atoms with E-state index in [1.165, 1.54) is 12.4 Å². The van der Waals surface area contributed by atoms with Gasteiger partial charge in [0.05, 0.1) is 24.1 Å². The molecule has 1 aliphatic carbocycles. The largest absolute Gasteiger partial charge is 0.511 e. The average molecular weight is 482 g/mol. The maximum absolute atomic E-state index is 13.4. The minimum atomic E-state index is -5.74. The number of hydrogen-bond acceptors (Lipinski definition) is 4. The standard InChI is InChI=1S/C19H20F6N4O2S/c1-11-15(27-10-26-11)8-29-16-5-4-14(18(20,21)22)6-13(16)7-28(9-17(29)12-2-3-12)32(30,31)19(23,24)25/h4-6,10,12,17H,2-3,7-9H2,1H3,(H,26,27). The van der Waals surface area contributed by atoms with Gasteiger partial charge in [-0.25, -0.2) is 13.4 Å². The van der Waals surface area contributed by atoms with E-state index < -0.39 is 46.4 Å². The predicted octanol–water partition coefficient (Wildman–Crippen LogP) is 4.19. The molecule has 2 aliphatic rings. The summed E-state index contributed by atoms with van der Waals surface area (Å²) in [6.07, 6.45) is -1.90. The van der Waals surface area contributed by atoms with Crippen LogP contribution in [0.25, 0.3) is 0 Å². The molecule has 1 aromatic heterocycles. The molecular weight excluding hydrogens is 462 g/mol. The first-order chi connectivity index (χ1) is 14.8. The van der Waals surface area contributed by atoms with Crippen molar-refractivity contribution < 1.29 is 34.8 Å². The molecule has 0 spiro atoms. The van der Waals surface area contributed by atoms with E-state index in [0.717, 1.165) is 12.1 Å². The molecule has 1 N–H and O–H groups in total. The van der Waals surface area contributed by atoms with Gasteiger partial charge >= 0.3 is 21.7 Å². The van der Waals surface area contributed by atoms with E-state index in [2.05, 4.69) is 9.97 Å². The number of nitrogens with zero attached hydrogens (tertiary/aromatic N) is 3. The second kappa shape index (κ2) is 7.65. The number of imidazole rings is 1. The Bertz CT molecular complexity index is 1110. The van der Waals surface area contributed by atoms with E-state index in [4.69, 9.17) is 0 Å². The molecule has 0 amide bonds. The maximum atomic E-state index is 13.4. The quantitative estimate of drug-likeness (QED) is 0.664. The molecule has 13 heteroatoms. The van der Waals surface area contributed by atoms with Gasteiger partial charge in [0.25, 0.3) is 0 Å². The molecule has 2 heterocycles. The highest BCUT2D eigenvalue weighted by molar-refractivity contribution is 7.89. The molecule has 0 bridgehead atoms. The van der Waals surface area contributed by atoms with Crippen LogP contribution in [0.2, 0.25) is 0 Å². The number of H-pyrrole nitrogens is 1. The van der Waals surface area contributed by atoms with E-state index in [1.807, 2.05) is 0 Å². The molecule has 0 radical (unpaired) electrons. The topological polar surface area (TPSA) is 69.3 Å². The lowest BCUT2D eigenvalue weighted by Gasteiger charge is -2.34. The number of aromatic amines is 1. The molecule has 32 heavy (non-hydrogen) atoms. The number of aromatic nitrogens is 2. The maximum Gasteiger partial charge on any atom is 0.511 e. The van der Waals surface area contributed by atoms with Crippen molar-refractivity contribution >= 4 is 15.7 Å². The highest BCUT2D eigenvalue weighted by Crippen LogP contribution is 2.44. The van der Waals surface area contributed by atoms with Crippen molar-refractivity contribution in [1.82, 2.24) is 14.3 Å². The predicted molar refractivity (Wildman–Crippen MR) is 103 cm³/mol. The fourth-order valence-electron chi connectivity index (χ4n) is 4.03. The molecule has 6 nitrogen and oxygen atoms in total. The molecule has 1 atom stereocenters. The van der Waals surface area contributed by atoms with Crippen LogP contribution in [0.1, 0.15) is 35.4 Å². The Morgan fingerprint density at radius 2 is 1.84 bits per heavy atom. The molecule has 0 saturated heterocycles. The number of aryl methyl sites for hydroxylation is 1. The number of anilines is 1. The summed E-state index contributed by atoms with van der Waals surface area (Å²) in [5.41, 5.74) is -5.19. The number of halogens is 6. The molecule has 1 fully saturated rings. The van der Waals surface area contributed by atoms with Crippen molar-refractivity contribution in [3.63, 3.8) is 0 Å². The third-order valence-corrected chi connectivity index (χ3v) is 7.45. The van der Waals surface area contributed by atoms with Gasteiger partial charge in [-0.15, -0.1) is 0 Å². The van der Waals surface area contributed by atoms with Gasteiger partial charge in [-0.05, 0) is 49.4 Å². The van der Waals surface area contributed by atoms with Gasteiger partial charge in [0.15, 0.2) is 0 Å². The smallest absolute Gasteiger partial charge is 0.361 e. The molecule has 2 aromatic rings. The summed E-state index contributed by atoms with van der Waals surface area (Å²) in [7, 11) is -5.74. The first kappa shape index (κ1) is 22.9. The first-order valence-corrected chi connectivity index (χ1v) is 11.2. The lowest BCUT2D eigenvalue weighted by atomic mass is 10.0. The Kier molecular flexibility index (Phi) is 5.47. The molecular formula is C19H20F6N4O2S. The molecule has 4 rings (SSSR count). The van der Waals surface area contributed by atoms with Gasteiger partial charge in [0.2, 0.25) is 0 Å². The van der Waals surface area contributed by atoms with Gasteiger partial charge < -0.3 is 9.88 Å². The molecule has 176 valence electrons. The van der Waals surface area contributed by atoms with Crippen molar-refractivity contribution in [3.05, 3.63) is 47.0 Å². The molecule has 1 unspecified atom stereocenters. The summed E-state index contributed by atoms with van der Waals surface area (Å²) in [6, 6.07) is 2.16. The fourth-order valence-corrected chi connectivity index (χ4v) is 4.98. The highest BCUT2D eigenvalue weighted by Gasteiger charge is 2.52. The molecule has 1 aromatic carbocycles. The number of benzene rings is 1. The Labute approximate surface area is 180 Å². The van der Waals surface area contributed by atoms with Gasteiger partial charge in [0.1, 0.15) is 0 Å². The van der Waals surface area contributed by atoms with Gasteiger partial charge in [-0.2, -0.15) is 30.6 Å². The fraction of sp³-hybridized carbons (Fsp3) is 0.526. The first-order valence-electron chi connectivity index (χ1n) is 9.81. The lowest BCUT2D eigenvalue weighted by molar-refractivity contribution is -0.137. The van der Waals surface area contributed by atoms with Crippen molar-refractivity contribution in [2.45, 2.75) is 50.6 Å². The van der Waals surface area contributed by atoms with Crippen LogP contribution in [0.3, 0.4) is 0 Å². The summed E-state index contributed by atoms with van der Waals surface area (Å²) in [4.78, 5) is 8.80. The van der Waals surface area contributed by atoms with Crippen LogP contribution in [0, 0.1) is 12.8 Å². The Morgan fingerprint density at radius 1 is 1.16 bits per heavy atom. The zero-order valence-electron chi connectivity index (χ0n) is 16.8. The van der Waals surface area contributed by atoms with Crippen LogP contribution in [0.4, 0.5) is 32.0 Å². The van der Waals surface area contributed by atoms with Crippen molar-refractivity contribution in [1.29, 1.82) is 0 Å². The third-order valence-electron chi connectivity index (χ3n) is 5.91. The Morgan fingerprint density at radius 3 is 2.38 bits per heavy atom. The molecule has 1 aliphatic heterocycles. The number of alkyl halides is 6. The van der Waals surface area contributed by atoms with E-state index in [0.29, 0.717) is 24.2 Å². The van der Waals surface area contributed by atoms with E-state index >= 15 is 0 Å². The Hall–Kier alpha value is -2.28. The van der Waals surface area contributed by atoms with Crippen LogP contribution in [0.5, 0.6) is 0 Å².